The SMILES string of the molecule is COC(=O)C(N)CC1CC(CO)CCC1CBr. The van der Waals surface area contributed by atoms with E-state index in [1.54, 1.807) is 0 Å². The molecule has 1 saturated carbocycles. The first-order chi connectivity index (χ1) is 8.12. The van der Waals surface area contributed by atoms with Crippen molar-refractivity contribution in [3.63, 3.8) is 0 Å². The number of nitrogens with two attached hydrogens (primary N) is 1. The summed E-state index contributed by atoms with van der Waals surface area (Å²) in [5.41, 5.74) is 5.81. The first-order valence-corrected chi connectivity index (χ1v) is 7.24. The molecule has 0 aromatic rings. The molecule has 1 fully saturated rings. The van der Waals surface area contributed by atoms with Crippen LogP contribution in [0.3, 0.4) is 0 Å². The Labute approximate surface area is 111 Å². The van der Waals surface area contributed by atoms with Gasteiger partial charge in [0.2, 0.25) is 0 Å². The molecule has 4 unspecified atom stereocenters. The Bertz CT molecular complexity index is 250. The summed E-state index contributed by atoms with van der Waals surface area (Å²) in [4.78, 5) is 11.3. The molecular formula is C12H22BrNO3. The number of aliphatic hydroxyl groups excluding tert-OH is 1. The van der Waals surface area contributed by atoms with Gasteiger partial charge in [-0.25, -0.2) is 0 Å². The highest BCUT2D eigenvalue weighted by Gasteiger charge is 2.32. The molecule has 0 spiro atoms. The van der Waals surface area contributed by atoms with Crippen molar-refractivity contribution in [2.24, 2.45) is 23.5 Å². The molecule has 1 aliphatic rings. The Balaban J connectivity index is 2.54. The summed E-state index contributed by atoms with van der Waals surface area (Å²) >= 11 is 3.52. The second kappa shape index (κ2) is 7.34. The van der Waals surface area contributed by atoms with Gasteiger partial charge in [0, 0.05) is 11.9 Å². The fourth-order valence-corrected chi connectivity index (χ4v) is 3.51. The number of esters is 1. The molecule has 0 aliphatic heterocycles. The maximum Gasteiger partial charge on any atom is 0.322 e. The zero-order chi connectivity index (χ0) is 12.8. The number of aliphatic hydroxyl groups is 1. The maximum absolute atomic E-state index is 11.3. The molecule has 0 saturated heterocycles. The van der Waals surface area contributed by atoms with Crippen LogP contribution < -0.4 is 5.73 Å². The summed E-state index contributed by atoms with van der Waals surface area (Å²) in [6.07, 6.45) is 3.77. The van der Waals surface area contributed by atoms with Crippen molar-refractivity contribution >= 4 is 21.9 Å². The third-order valence-corrected chi connectivity index (χ3v) is 4.60. The molecular weight excluding hydrogens is 286 g/mol. The van der Waals surface area contributed by atoms with Crippen molar-refractivity contribution in [2.75, 3.05) is 19.0 Å². The summed E-state index contributed by atoms with van der Waals surface area (Å²) in [6, 6.07) is -0.538. The van der Waals surface area contributed by atoms with Gasteiger partial charge in [0.25, 0.3) is 0 Å². The van der Waals surface area contributed by atoms with E-state index in [0.717, 1.165) is 24.6 Å². The molecule has 0 amide bonds. The second-order valence-corrected chi connectivity index (χ2v) is 5.55. The topological polar surface area (TPSA) is 72.5 Å². The molecule has 1 rings (SSSR count). The number of carbonyl (C=O) groups excluding carboxylic acids is 1. The number of hydrogen-bond acceptors (Lipinski definition) is 4. The molecule has 1 aliphatic carbocycles. The van der Waals surface area contributed by atoms with E-state index in [0.29, 0.717) is 24.2 Å². The predicted octanol–water partition coefficient (Wildman–Crippen LogP) is 1.30. The second-order valence-electron chi connectivity index (χ2n) is 4.90. The lowest BCUT2D eigenvalue weighted by Gasteiger charge is -2.35. The van der Waals surface area contributed by atoms with Gasteiger partial charge in [-0.1, -0.05) is 15.9 Å². The van der Waals surface area contributed by atoms with Gasteiger partial charge in [-0.15, -0.1) is 0 Å². The Morgan fingerprint density at radius 2 is 2.24 bits per heavy atom. The number of carbonyl (C=O) groups is 1. The van der Waals surface area contributed by atoms with Crippen molar-refractivity contribution in [3.05, 3.63) is 0 Å². The van der Waals surface area contributed by atoms with E-state index in [9.17, 15) is 9.90 Å². The lowest BCUT2D eigenvalue weighted by atomic mass is 9.72. The highest BCUT2D eigenvalue weighted by Crippen LogP contribution is 2.37. The average molecular weight is 308 g/mol. The summed E-state index contributed by atoms with van der Waals surface area (Å²) in [7, 11) is 1.36. The van der Waals surface area contributed by atoms with Crippen LogP contribution in [0.15, 0.2) is 0 Å². The number of alkyl halides is 1. The Morgan fingerprint density at radius 3 is 2.76 bits per heavy atom. The molecule has 100 valence electrons. The van der Waals surface area contributed by atoms with Gasteiger partial charge in [0.05, 0.1) is 7.11 Å². The van der Waals surface area contributed by atoms with Crippen molar-refractivity contribution in [1.29, 1.82) is 0 Å². The molecule has 0 aromatic carbocycles. The molecule has 4 atom stereocenters. The summed E-state index contributed by atoms with van der Waals surface area (Å²) in [5, 5.41) is 10.2. The number of ether oxygens (including phenoxy) is 1. The standard InChI is InChI=1S/C12H22BrNO3/c1-17-12(16)11(14)5-10-4-8(7-15)2-3-9(10)6-13/h8-11,15H,2-7,14H2,1H3. The molecule has 5 heteroatoms. The molecule has 0 bridgehead atoms. The van der Waals surface area contributed by atoms with Crippen molar-refractivity contribution in [3.8, 4) is 0 Å². The molecule has 4 nitrogen and oxygen atoms in total. The minimum Gasteiger partial charge on any atom is -0.468 e. The van der Waals surface area contributed by atoms with Gasteiger partial charge in [0.15, 0.2) is 0 Å². The first-order valence-electron chi connectivity index (χ1n) is 6.12. The smallest absolute Gasteiger partial charge is 0.322 e. The highest BCUT2D eigenvalue weighted by atomic mass is 79.9. The monoisotopic (exact) mass is 307 g/mol. The molecule has 0 aromatic heterocycles. The predicted molar refractivity (Wildman–Crippen MR) is 69.8 cm³/mol. The van der Waals surface area contributed by atoms with Crippen LogP contribution >= 0.6 is 15.9 Å². The van der Waals surface area contributed by atoms with Crippen molar-refractivity contribution < 1.29 is 14.6 Å². The number of methoxy groups -OCH3 is 1. The fourth-order valence-electron chi connectivity index (χ4n) is 2.66. The highest BCUT2D eigenvalue weighted by molar-refractivity contribution is 9.09. The zero-order valence-electron chi connectivity index (χ0n) is 10.3. The van der Waals surface area contributed by atoms with Crippen molar-refractivity contribution in [1.82, 2.24) is 0 Å². The largest absolute Gasteiger partial charge is 0.468 e. The molecule has 17 heavy (non-hydrogen) atoms. The van der Waals surface area contributed by atoms with Crippen LogP contribution in [0, 0.1) is 17.8 Å². The summed E-state index contributed by atoms with van der Waals surface area (Å²) in [6.45, 7) is 0.235. The molecule has 0 radical (unpaired) electrons. The quantitative estimate of drug-likeness (QED) is 0.593. The number of rotatable bonds is 5. The molecule has 0 heterocycles. The van der Waals surface area contributed by atoms with E-state index in [-0.39, 0.29) is 12.6 Å². The van der Waals surface area contributed by atoms with Gasteiger partial charge in [0.1, 0.15) is 6.04 Å². The van der Waals surface area contributed by atoms with Crippen LogP contribution in [0.5, 0.6) is 0 Å². The number of hydrogen-bond donors (Lipinski definition) is 2. The number of halogens is 1. The van der Waals surface area contributed by atoms with Gasteiger partial charge in [-0.3, -0.25) is 4.79 Å². The average Bonchev–Trinajstić information content (AvgIpc) is 2.37. The van der Waals surface area contributed by atoms with Crippen molar-refractivity contribution in [2.45, 2.75) is 31.7 Å². The third kappa shape index (κ3) is 4.23. The van der Waals surface area contributed by atoms with Gasteiger partial charge >= 0.3 is 5.97 Å². The van der Waals surface area contributed by atoms with Crippen LogP contribution in [-0.4, -0.2) is 36.2 Å². The lowest BCUT2D eigenvalue weighted by Crippen LogP contribution is -2.38. The Hall–Kier alpha value is -0.130. The normalized spacial score (nSPS) is 30.9. The minimum absolute atomic E-state index is 0.235. The van der Waals surface area contributed by atoms with Gasteiger partial charge in [-0.2, -0.15) is 0 Å². The minimum atomic E-state index is -0.538. The lowest BCUT2D eigenvalue weighted by molar-refractivity contribution is -0.142. The van der Waals surface area contributed by atoms with Crippen LogP contribution in [0.2, 0.25) is 0 Å². The summed E-state index contributed by atoms with van der Waals surface area (Å²) < 4.78 is 4.65. The van der Waals surface area contributed by atoms with Crippen LogP contribution in [0.25, 0.3) is 0 Å². The van der Waals surface area contributed by atoms with E-state index in [1.807, 2.05) is 0 Å². The van der Waals surface area contributed by atoms with E-state index in [1.165, 1.54) is 7.11 Å². The van der Waals surface area contributed by atoms with E-state index in [2.05, 4.69) is 20.7 Å². The van der Waals surface area contributed by atoms with Crippen LogP contribution in [0.1, 0.15) is 25.7 Å². The Kier molecular flexibility index (Phi) is 6.44. The maximum atomic E-state index is 11.3. The zero-order valence-corrected chi connectivity index (χ0v) is 11.9. The summed E-state index contributed by atoms with van der Waals surface area (Å²) in [5.74, 6) is 0.965. The van der Waals surface area contributed by atoms with E-state index >= 15 is 0 Å². The first kappa shape index (κ1) is 14.9. The third-order valence-electron chi connectivity index (χ3n) is 3.77. The van der Waals surface area contributed by atoms with Crippen LogP contribution in [-0.2, 0) is 9.53 Å². The van der Waals surface area contributed by atoms with E-state index < -0.39 is 6.04 Å². The van der Waals surface area contributed by atoms with Gasteiger partial charge in [-0.05, 0) is 43.4 Å². The van der Waals surface area contributed by atoms with Gasteiger partial charge < -0.3 is 15.6 Å². The Morgan fingerprint density at radius 1 is 1.53 bits per heavy atom. The molecule has 3 N–H and O–H groups in total. The van der Waals surface area contributed by atoms with Crippen LogP contribution in [0.4, 0.5) is 0 Å². The fraction of sp³-hybridized carbons (Fsp3) is 0.917. The van der Waals surface area contributed by atoms with E-state index in [4.69, 9.17) is 5.73 Å².